The average molecular weight is 389 g/mol. The lowest BCUT2D eigenvalue weighted by atomic mass is 9.92. The average Bonchev–Trinajstić information content (AvgIpc) is 3.26. The number of carbonyl (C=O) groups excluding carboxylic acids is 1. The van der Waals surface area contributed by atoms with Crippen LogP contribution >= 0.6 is 0 Å². The number of carboxylic acids is 1. The normalized spacial score (nSPS) is 21.6. The topological polar surface area (TPSA) is 75.4 Å². The first-order valence-electron chi connectivity index (χ1n) is 9.47. The highest BCUT2D eigenvalue weighted by Gasteiger charge is 2.38. The molecule has 2 aliphatic rings. The van der Waals surface area contributed by atoms with Gasteiger partial charge in [-0.3, -0.25) is 4.79 Å². The Kier molecular flexibility index (Phi) is 4.64. The highest BCUT2D eigenvalue weighted by molar-refractivity contribution is 5.96. The molecule has 148 valence electrons. The molecule has 8 heteroatoms. The van der Waals surface area contributed by atoms with Crippen LogP contribution in [0.4, 0.5) is 8.78 Å². The summed E-state index contributed by atoms with van der Waals surface area (Å²) in [5.74, 6) is -3.27. The Balaban J connectivity index is 1.76. The highest BCUT2D eigenvalue weighted by atomic mass is 19.2. The number of carbonyl (C=O) groups is 2. The number of hydrogen-bond donors (Lipinski definition) is 1. The summed E-state index contributed by atoms with van der Waals surface area (Å²) in [6.07, 6.45) is 3.10. The maximum atomic E-state index is 14.3. The minimum absolute atomic E-state index is 0.0424. The molecule has 1 amide bonds. The van der Waals surface area contributed by atoms with E-state index < -0.39 is 29.6 Å². The van der Waals surface area contributed by atoms with E-state index in [0.29, 0.717) is 37.1 Å². The largest absolute Gasteiger partial charge is 0.480 e. The van der Waals surface area contributed by atoms with Crippen molar-refractivity contribution in [2.45, 2.75) is 45.1 Å². The second-order valence-corrected chi connectivity index (χ2v) is 7.59. The first-order chi connectivity index (χ1) is 13.4. The van der Waals surface area contributed by atoms with Gasteiger partial charge in [0, 0.05) is 17.8 Å². The second-order valence-electron chi connectivity index (χ2n) is 7.59. The van der Waals surface area contributed by atoms with Gasteiger partial charge in [-0.25, -0.2) is 18.3 Å². The number of rotatable bonds is 3. The van der Waals surface area contributed by atoms with E-state index in [1.54, 1.807) is 0 Å². The number of halogens is 2. The first kappa shape index (κ1) is 18.6. The van der Waals surface area contributed by atoms with Gasteiger partial charge >= 0.3 is 5.97 Å². The molecule has 0 bridgehead atoms. The van der Waals surface area contributed by atoms with Gasteiger partial charge in [-0.15, -0.1) is 0 Å². The third kappa shape index (κ3) is 2.96. The van der Waals surface area contributed by atoms with Crippen LogP contribution in [0, 0.1) is 17.6 Å². The summed E-state index contributed by atoms with van der Waals surface area (Å²) in [6.45, 7) is 2.31. The number of amides is 1. The van der Waals surface area contributed by atoms with Crippen LogP contribution in [0.2, 0.25) is 0 Å². The zero-order valence-electron chi connectivity index (χ0n) is 15.5. The van der Waals surface area contributed by atoms with Gasteiger partial charge in [0.1, 0.15) is 11.7 Å². The number of piperidine rings is 1. The van der Waals surface area contributed by atoms with E-state index in [0.717, 1.165) is 18.9 Å². The highest BCUT2D eigenvalue weighted by Crippen LogP contribution is 2.31. The quantitative estimate of drug-likeness (QED) is 0.876. The lowest BCUT2D eigenvalue weighted by Gasteiger charge is -2.35. The predicted molar refractivity (Wildman–Crippen MR) is 96.4 cm³/mol. The fourth-order valence-electron chi connectivity index (χ4n) is 4.22. The number of likely N-dealkylation sites (tertiary alicyclic amines) is 1. The summed E-state index contributed by atoms with van der Waals surface area (Å²) in [5.41, 5.74) is 1.50. The molecule has 1 aromatic heterocycles. The fourth-order valence-corrected chi connectivity index (χ4v) is 4.22. The molecule has 0 radical (unpaired) electrons. The number of aromatic nitrogens is 2. The standard InChI is InChI=1S/C20H21F2N3O3/c1-11-8-9-24(16(10-11)20(27)28)19(26)18-12-4-2-6-14(12)25(23-18)15-7-3-5-13(21)17(15)22/h3,5,7,11,16H,2,4,6,8-10H2,1H3,(H,27,28). The molecule has 2 unspecified atom stereocenters. The van der Waals surface area contributed by atoms with Gasteiger partial charge in [0.15, 0.2) is 17.3 Å². The molecule has 2 atom stereocenters. The van der Waals surface area contributed by atoms with E-state index in [1.807, 2.05) is 6.92 Å². The number of benzene rings is 1. The van der Waals surface area contributed by atoms with Crippen molar-refractivity contribution in [2.24, 2.45) is 5.92 Å². The Morgan fingerprint density at radius 2 is 2.04 bits per heavy atom. The van der Waals surface area contributed by atoms with Crippen LogP contribution in [0.15, 0.2) is 18.2 Å². The van der Waals surface area contributed by atoms with Crippen LogP contribution in [0.5, 0.6) is 0 Å². The van der Waals surface area contributed by atoms with Crippen molar-refractivity contribution in [2.75, 3.05) is 6.54 Å². The maximum absolute atomic E-state index is 14.3. The third-order valence-corrected chi connectivity index (χ3v) is 5.70. The molecule has 2 aromatic rings. The minimum atomic E-state index is -1.04. The Morgan fingerprint density at radius 3 is 2.79 bits per heavy atom. The predicted octanol–water partition coefficient (Wildman–Crippen LogP) is 2.96. The molecule has 1 N–H and O–H groups in total. The molecular formula is C20H21F2N3O3. The van der Waals surface area contributed by atoms with Crippen LogP contribution in [0.25, 0.3) is 5.69 Å². The molecule has 0 saturated carbocycles. The smallest absolute Gasteiger partial charge is 0.326 e. The van der Waals surface area contributed by atoms with Crippen molar-refractivity contribution in [1.82, 2.24) is 14.7 Å². The van der Waals surface area contributed by atoms with Crippen LogP contribution in [-0.4, -0.2) is 44.3 Å². The molecule has 28 heavy (non-hydrogen) atoms. The zero-order chi connectivity index (χ0) is 20.0. The molecule has 4 rings (SSSR count). The summed E-state index contributed by atoms with van der Waals surface area (Å²) in [7, 11) is 0. The number of aliphatic carboxylic acids is 1. The van der Waals surface area contributed by atoms with E-state index in [4.69, 9.17) is 0 Å². The molecule has 1 fully saturated rings. The third-order valence-electron chi connectivity index (χ3n) is 5.70. The molecule has 1 aliphatic heterocycles. The van der Waals surface area contributed by atoms with Crippen LogP contribution < -0.4 is 0 Å². The number of carboxylic acid groups (broad SMARTS) is 1. The SMILES string of the molecule is CC1CCN(C(=O)c2nn(-c3cccc(F)c3F)c3c2CCC3)C(C(=O)O)C1. The van der Waals surface area contributed by atoms with Gasteiger partial charge in [0.25, 0.3) is 5.91 Å². The van der Waals surface area contributed by atoms with Crippen LogP contribution in [0.1, 0.15) is 47.9 Å². The van der Waals surface area contributed by atoms with Gasteiger partial charge < -0.3 is 10.0 Å². The van der Waals surface area contributed by atoms with E-state index in [-0.39, 0.29) is 17.3 Å². The van der Waals surface area contributed by atoms with Crippen LogP contribution in [0.3, 0.4) is 0 Å². The number of hydrogen-bond acceptors (Lipinski definition) is 3. The molecule has 0 spiro atoms. The summed E-state index contributed by atoms with van der Waals surface area (Å²) >= 11 is 0. The monoisotopic (exact) mass is 389 g/mol. The van der Waals surface area contributed by atoms with Crippen molar-refractivity contribution in [1.29, 1.82) is 0 Å². The molecule has 1 saturated heterocycles. The first-order valence-corrected chi connectivity index (χ1v) is 9.47. The van der Waals surface area contributed by atoms with Gasteiger partial charge in [0.2, 0.25) is 0 Å². The van der Waals surface area contributed by atoms with Crippen LogP contribution in [-0.2, 0) is 17.6 Å². The molecule has 2 heterocycles. The number of nitrogens with zero attached hydrogens (tertiary/aromatic N) is 3. The van der Waals surface area contributed by atoms with Crippen molar-refractivity contribution in [3.63, 3.8) is 0 Å². The molecular weight excluding hydrogens is 368 g/mol. The summed E-state index contributed by atoms with van der Waals surface area (Å²) in [4.78, 5) is 26.2. The Morgan fingerprint density at radius 1 is 1.25 bits per heavy atom. The lowest BCUT2D eigenvalue weighted by molar-refractivity contribution is -0.144. The molecule has 1 aromatic carbocycles. The Labute approximate surface area is 160 Å². The van der Waals surface area contributed by atoms with Gasteiger partial charge in [0.05, 0.1) is 0 Å². The summed E-state index contributed by atoms with van der Waals surface area (Å²) in [6, 6.07) is 2.94. The molecule has 1 aliphatic carbocycles. The van der Waals surface area contributed by atoms with E-state index in [9.17, 15) is 23.5 Å². The number of fused-ring (bicyclic) bond motifs is 1. The minimum Gasteiger partial charge on any atom is -0.480 e. The van der Waals surface area contributed by atoms with Gasteiger partial charge in [-0.2, -0.15) is 5.10 Å². The lowest BCUT2D eigenvalue weighted by Crippen LogP contribution is -2.50. The van der Waals surface area contributed by atoms with E-state index in [2.05, 4.69) is 5.10 Å². The second kappa shape index (κ2) is 7.00. The molecule has 6 nitrogen and oxygen atoms in total. The Bertz CT molecular complexity index is 956. The fraction of sp³-hybridized carbons (Fsp3) is 0.450. The summed E-state index contributed by atoms with van der Waals surface area (Å²) < 4.78 is 29.3. The van der Waals surface area contributed by atoms with Crippen molar-refractivity contribution < 1.29 is 23.5 Å². The van der Waals surface area contributed by atoms with Gasteiger partial charge in [-0.05, 0) is 50.2 Å². The van der Waals surface area contributed by atoms with E-state index in [1.165, 1.54) is 21.7 Å². The van der Waals surface area contributed by atoms with Crippen molar-refractivity contribution >= 4 is 11.9 Å². The summed E-state index contributed by atoms with van der Waals surface area (Å²) in [5, 5.41) is 13.9. The maximum Gasteiger partial charge on any atom is 0.326 e. The van der Waals surface area contributed by atoms with Crippen molar-refractivity contribution in [3.05, 3.63) is 46.8 Å². The van der Waals surface area contributed by atoms with E-state index >= 15 is 0 Å². The van der Waals surface area contributed by atoms with Crippen molar-refractivity contribution in [3.8, 4) is 5.69 Å². The zero-order valence-corrected chi connectivity index (χ0v) is 15.5. The Hall–Kier alpha value is -2.77. The van der Waals surface area contributed by atoms with Gasteiger partial charge in [-0.1, -0.05) is 13.0 Å².